The summed E-state index contributed by atoms with van der Waals surface area (Å²) in [6, 6.07) is 13.4. The van der Waals surface area contributed by atoms with Gasteiger partial charge in [-0.15, -0.1) is 0 Å². The molecule has 3 aromatic carbocycles. The number of pyridine rings is 2. The van der Waals surface area contributed by atoms with Gasteiger partial charge in [0.1, 0.15) is 36.3 Å². The molecule has 0 saturated heterocycles. The minimum absolute atomic E-state index is 0.00106. The fourth-order valence-corrected chi connectivity index (χ4v) is 13.4. The number of aliphatic hydroxyl groups is 1. The second kappa shape index (κ2) is 34.5. The molecule has 4 aliphatic rings. The first kappa shape index (κ1) is 75.3. The van der Waals surface area contributed by atoms with Gasteiger partial charge in [-0.2, -0.15) is 8.42 Å². The second-order valence-electron chi connectivity index (χ2n) is 25.3. The normalized spacial score (nSPS) is 17.0. The molecule has 100 heavy (non-hydrogen) atoms. The highest BCUT2D eigenvalue weighted by Gasteiger charge is 2.46. The number of nitrogens with one attached hydrogen (secondary N) is 6. The van der Waals surface area contributed by atoms with Gasteiger partial charge in [-0.1, -0.05) is 75.4 Å². The van der Waals surface area contributed by atoms with E-state index in [9.17, 15) is 61.2 Å². The fraction of sp³-hybridized carbons (Fsp3) is 0.486. The molecule has 1 aliphatic carbocycles. The number of carbonyl (C=O) groups excluding carboxylic acids is 8. The molecule has 10 N–H and O–H groups in total. The number of unbranched alkanes of at least 4 members (excludes halogenated alkanes) is 1. The van der Waals surface area contributed by atoms with Gasteiger partial charge in [0, 0.05) is 48.4 Å². The van der Waals surface area contributed by atoms with E-state index in [1.54, 1.807) is 38.7 Å². The fourth-order valence-electron chi connectivity index (χ4n) is 12.7. The summed E-state index contributed by atoms with van der Waals surface area (Å²) in [6.45, 7) is 7.15. The molecule has 0 radical (unpaired) electrons. The summed E-state index contributed by atoms with van der Waals surface area (Å²) in [6.07, 6.45) is 5.21. The van der Waals surface area contributed by atoms with Crippen molar-refractivity contribution in [3.63, 3.8) is 0 Å². The lowest BCUT2D eigenvalue weighted by atomic mass is 9.81. The van der Waals surface area contributed by atoms with Gasteiger partial charge in [-0.3, -0.25) is 42.9 Å². The van der Waals surface area contributed by atoms with Crippen LogP contribution in [-0.4, -0.2) is 171 Å². The van der Waals surface area contributed by atoms with Crippen molar-refractivity contribution >= 4 is 86.2 Å². The van der Waals surface area contributed by atoms with Crippen LogP contribution in [0.2, 0.25) is 0 Å². The highest BCUT2D eigenvalue weighted by Crippen LogP contribution is 2.46. The molecule has 5 aromatic rings. The summed E-state index contributed by atoms with van der Waals surface area (Å²) in [5, 5.41) is 28.1. The number of hydrogen-bond acceptors (Lipinski definition) is 19. The molecule has 9 rings (SSSR count). The number of anilines is 1. The summed E-state index contributed by atoms with van der Waals surface area (Å²) in [4.78, 5) is 128. The molecule has 0 spiro atoms. The van der Waals surface area contributed by atoms with E-state index >= 15 is 4.39 Å². The smallest absolute Gasteiger partial charge is 0.343 e. The number of nitrogens with zero attached hydrogens (tertiary/aromatic N) is 3. The number of amides is 7. The highest BCUT2D eigenvalue weighted by atomic mass is 32.2. The van der Waals surface area contributed by atoms with Gasteiger partial charge in [-0.05, 0) is 103 Å². The van der Waals surface area contributed by atoms with E-state index in [0.29, 0.717) is 82.5 Å². The minimum atomic E-state index is -4.71. The molecular formula is C70H87FN10O18S. The maximum Gasteiger partial charge on any atom is 0.343 e. The maximum atomic E-state index is 15.5. The third-order valence-electron chi connectivity index (χ3n) is 18.1. The van der Waals surface area contributed by atoms with Crippen molar-refractivity contribution in [2.24, 2.45) is 11.7 Å². The first-order valence-electron chi connectivity index (χ1n) is 33.6. The molecule has 7 amide bonds. The summed E-state index contributed by atoms with van der Waals surface area (Å²) in [5.41, 5.74) is 10.1. The van der Waals surface area contributed by atoms with Gasteiger partial charge in [0.2, 0.25) is 41.4 Å². The number of nitrogens with two attached hydrogens (primary N) is 1. The molecule has 0 fully saturated rings. The molecule has 538 valence electrons. The molecule has 0 bridgehead atoms. The SMILES string of the molecule is CCC1(O)C(=O)OCc2c1cc1n(c2=O)Cc2c-1nc1cc(F)c(C)c3c1c2C(NC(=O)CNC(=O)C(CCCCN)NC(=O)C(NC(=O)CCOCCOCCOCCOCCC(=O)NC(CS(=O)(=O)O)C(=O)NCCC(=O)N1Cc2ccccc2/C=C\c2ccccc21)C(C)C)CC3. The first-order chi connectivity index (χ1) is 47.9. The summed E-state index contributed by atoms with van der Waals surface area (Å²) >= 11 is 0. The summed E-state index contributed by atoms with van der Waals surface area (Å²) in [7, 11) is -4.71. The molecule has 30 heteroatoms. The van der Waals surface area contributed by atoms with Crippen molar-refractivity contribution in [2.45, 2.75) is 135 Å². The Morgan fingerprint density at radius 1 is 0.770 bits per heavy atom. The Morgan fingerprint density at radius 2 is 1.41 bits per heavy atom. The van der Waals surface area contributed by atoms with Gasteiger partial charge in [0.25, 0.3) is 15.7 Å². The Hall–Kier alpha value is -8.88. The average molecular weight is 1410 g/mol. The van der Waals surface area contributed by atoms with Crippen molar-refractivity contribution in [1.29, 1.82) is 0 Å². The number of benzene rings is 3. The largest absolute Gasteiger partial charge is 0.458 e. The van der Waals surface area contributed by atoms with Crippen molar-refractivity contribution in [2.75, 3.05) is 83.1 Å². The number of hydrogen-bond donors (Lipinski definition) is 9. The van der Waals surface area contributed by atoms with E-state index in [1.165, 1.54) is 10.6 Å². The molecule has 2 aromatic heterocycles. The molecule has 28 nitrogen and oxygen atoms in total. The minimum Gasteiger partial charge on any atom is -0.458 e. The van der Waals surface area contributed by atoms with E-state index in [0.717, 1.165) is 16.7 Å². The number of ether oxygens (including phenoxy) is 5. The number of para-hydroxylation sites is 1. The van der Waals surface area contributed by atoms with E-state index in [-0.39, 0.29) is 128 Å². The number of carbonyl (C=O) groups is 8. The molecule has 5 atom stereocenters. The van der Waals surface area contributed by atoms with E-state index in [4.69, 9.17) is 34.4 Å². The number of aryl methyl sites for hydroxylation is 1. The van der Waals surface area contributed by atoms with Crippen LogP contribution in [0.15, 0.2) is 65.5 Å². The number of aromatic nitrogens is 2. The van der Waals surface area contributed by atoms with Crippen molar-refractivity contribution in [3.05, 3.63) is 127 Å². The van der Waals surface area contributed by atoms with Crippen LogP contribution in [0.25, 0.3) is 34.4 Å². The second-order valence-corrected chi connectivity index (χ2v) is 26.8. The van der Waals surface area contributed by atoms with Crippen molar-refractivity contribution in [1.82, 2.24) is 41.5 Å². The third-order valence-corrected chi connectivity index (χ3v) is 18.8. The standard InChI is InChI=1S/C70H87FN10O18S/c1-5-70(91)49-34-56-64-47(38-81(56)68(89)48(49)39-99-69(70)90)62-51(20-19-46-42(4)50(71)35-53(77-64)61(46)62)75-59(84)36-74-65(86)52(15-10-11-24-72)78-67(88)63(41(2)3)79-58(83)23-27-96-29-31-98-33-32-97-30-28-95-26-22-57(82)76-54(40-100(92,93)94)66(87)73-25-21-60(85)80-37-45-14-7-6-12-43(45)17-18-44-13-8-9-16-55(44)80/h6-9,12-14,16-18,34-35,41,51-52,54,63,91H,5,10-11,15,19-33,36-40,72H2,1-4H3,(H,73,87)(H,74,86)(H,75,84)(H,76,82)(H,78,88)(H,79,83)(H,92,93,94)/b18-17-. The molecule has 5 unspecified atom stereocenters. The van der Waals surface area contributed by atoms with Crippen LogP contribution < -0.4 is 48.1 Å². The number of halogens is 1. The van der Waals surface area contributed by atoms with E-state index in [1.807, 2.05) is 60.7 Å². The van der Waals surface area contributed by atoms with Crippen LogP contribution in [0.4, 0.5) is 10.1 Å². The Labute approximate surface area is 577 Å². The Balaban J connectivity index is 0.654. The number of esters is 1. The van der Waals surface area contributed by atoms with Gasteiger partial charge < -0.3 is 75.9 Å². The van der Waals surface area contributed by atoms with Gasteiger partial charge in [-0.25, -0.2) is 14.2 Å². The molecule has 3 aliphatic heterocycles. The quantitative estimate of drug-likeness (QED) is 0.0157. The predicted octanol–water partition coefficient (Wildman–Crippen LogP) is 2.94. The maximum absolute atomic E-state index is 15.5. The van der Waals surface area contributed by atoms with Gasteiger partial charge in [0.05, 0.1) is 107 Å². The summed E-state index contributed by atoms with van der Waals surface area (Å²) in [5.74, 6) is -7.14. The topological polar surface area (TPSA) is 394 Å². The Kier molecular flexibility index (Phi) is 26.0. The zero-order valence-corrected chi connectivity index (χ0v) is 57.2. The Morgan fingerprint density at radius 3 is 2.08 bits per heavy atom. The number of rotatable bonds is 35. The highest BCUT2D eigenvalue weighted by molar-refractivity contribution is 7.85. The third kappa shape index (κ3) is 18.6. The lowest BCUT2D eigenvalue weighted by Crippen LogP contribution is -2.56. The molecule has 5 heterocycles. The van der Waals surface area contributed by atoms with Gasteiger partial charge >= 0.3 is 5.97 Å². The van der Waals surface area contributed by atoms with Crippen LogP contribution in [0.1, 0.15) is 128 Å². The first-order valence-corrected chi connectivity index (χ1v) is 35.2. The lowest BCUT2D eigenvalue weighted by molar-refractivity contribution is -0.172. The van der Waals surface area contributed by atoms with Crippen LogP contribution in [0.3, 0.4) is 0 Å². The monoisotopic (exact) mass is 1410 g/mol. The zero-order valence-electron chi connectivity index (χ0n) is 56.4. The van der Waals surface area contributed by atoms with Crippen LogP contribution in [0, 0.1) is 18.7 Å². The number of cyclic esters (lactones) is 1. The number of fused-ring (bicyclic) bond motifs is 7. The van der Waals surface area contributed by atoms with Crippen molar-refractivity contribution < 1.29 is 84.5 Å². The van der Waals surface area contributed by atoms with Crippen LogP contribution >= 0.6 is 0 Å². The van der Waals surface area contributed by atoms with Gasteiger partial charge in [0.15, 0.2) is 5.60 Å². The summed E-state index contributed by atoms with van der Waals surface area (Å²) < 4.78 is 77.5. The van der Waals surface area contributed by atoms with E-state index < -0.39 is 111 Å². The zero-order chi connectivity index (χ0) is 71.8. The van der Waals surface area contributed by atoms with Crippen LogP contribution in [0.5, 0.6) is 0 Å². The molecule has 0 saturated carbocycles. The Bertz CT molecular complexity index is 4110. The predicted molar refractivity (Wildman–Crippen MR) is 365 cm³/mol. The lowest BCUT2D eigenvalue weighted by Gasteiger charge is -2.31. The average Bonchev–Trinajstić information content (AvgIpc) is 1.50. The van der Waals surface area contributed by atoms with E-state index in [2.05, 4.69) is 31.9 Å². The van der Waals surface area contributed by atoms with Crippen molar-refractivity contribution in [3.8, 4) is 11.4 Å². The molecular weight excluding hydrogens is 1320 g/mol. The van der Waals surface area contributed by atoms with Crippen LogP contribution in [-0.2, 0) is 104 Å².